The highest BCUT2D eigenvalue weighted by Gasteiger charge is 2.17. The molecule has 2 N–H and O–H groups in total. The quantitative estimate of drug-likeness (QED) is 0.729. The van der Waals surface area contributed by atoms with Crippen LogP contribution in [0.4, 0.5) is 5.69 Å². The molecule has 0 aliphatic carbocycles. The van der Waals surface area contributed by atoms with Crippen LogP contribution in [-0.2, 0) is 0 Å². The van der Waals surface area contributed by atoms with Gasteiger partial charge in [0.15, 0.2) is 0 Å². The van der Waals surface area contributed by atoms with Gasteiger partial charge in [-0.05, 0) is 58.8 Å². The first kappa shape index (κ1) is 18.0. The molecule has 21 heavy (non-hydrogen) atoms. The van der Waals surface area contributed by atoms with Gasteiger partial charge in [-0.2, -0.15) is 0 Å². The SMILES string of the molecule is CC(C)CCN(CCC(C)C)C(=O)c1ccc(N)c(Br)c1. The number of carbonyl (C=O) groups is 1. The van der Waals surface area contributed by atoms with E-state index < -0.39 is 0 Å². The molecule has 0 spiro atoms. The summed E-state index contributed by atoms with van der Waals surface area (Å²) in [6.07, 6.45) is 2.06. The summed E-state index contributed by atoms with van der Waals surface area (Å²) in [5.74, 6) is 1.28. The van der Waals surface area contributed by atoms with E-state index >= 15 is 0 Å². The largest absolute Gasteiger partial charge is 0.398 e. The second-order valence-corrected chi connectivity index (χ2v) is 7.25. The van der Waals surface area contributed by atoms with Crippen molar-refractivity contribution in [2.24, 2.45) is 11.8 Å². The molecule has 0 aromatic heterocycles. The molecule has 0 fully saturated rings. The van der Waals surface area contributed by atoms with Gasteiger partial charge in [-0.25, -0.2) is 0 Å². The molecular weight excluding hydrogens is 328 g/mol. The number of anilines is 1. The highest BCUT2D eigenvalue weighted by atomic mass is 79.9. The highest BCUT2D eigenvalue weighted by Crippen LogP contribution is 2.21. The number of nitrogens with two attached hydrogens (primary N) is 1. The third-order valence-corrected chi connectivity index (χ3v) is 4.17. The van der Waals surface area contributed by atoms with Crippen molar-refractivity contribution < 1.29 is 4.79 Å². The molecule has 0 heterocycles. The smallest absolute Gasteiger partial charge is 0.253 e. The molecule has 1 aromatic carbocycles. The van der Waals surface area contributed by atoms with Gasteiger partial charge in [0.25, 0.3) is 5.91 Å². The Hall–Kier alpha value is -1.03. The maximum absolute atomic E-state index is 12.7. The van der Waals surface area contributed by atoms with Crippen molar-refractivity contribution in [1.82, 2.24) is 4.90 Å². The van der Waals surface area contributed by atoms with E-state index in [0.717, 1.165) is 30.4 Å². The normalized spacial score (nSPS) is 11.2. The third kappa shape index (κ3) is 6.08. The predicted octanol–water partition coefficient (Wildman–Crippen LogP) is 4.57. The molecule has 0 unspecified atom stereocenters. The maximum atomic E-state index is 12.7. The molecule has 1 amide bonds. The zero-order valence-electron chi connectivity index (χ0n) is 13.5. The van der Waals surface area contributed by atoms with Crippen LogP contribution >= 0.6 is 15.9 Å². The lowest BCUT2D eigenvalue weighted by molar-refractivity contribution is 0.0741. The van der Waals surface area contributed by atoms with Gasteiger partial charge in [0.05, 0.1) is 0 Å². The summed E-state index contributed by atoms with van der Waals surface area (Å²) in [6.45, 7) is 10.4. The lowest BCUT2D eigenvalue weighted by Gasteiger charge is -2.25. The molecule has 4 heteroatoms. The molecule has 1 rings (SSSR count). The van der Waals surface area contributed by atoms with E-state index in [9.17, 15) is 4.79 Å². The van der Waals surface area contributed by atoms with Crippen LogP contribution in [0.15, 0.2) is 22.7 Å². The molecular formula is C17H27BrN2O. The monoisotopic (exact) mass is 354 g/mol. The fourth-order valence-corrected chi connectivity index (χ4v) is 2.36. The standard InChI is InChI=1S/C17H27BrN2O/c1-12(2)7-9-20(10-8-13(3)4)17(21)14-5-6-16(19)15(18)11-14/h5-6,11-13H,7-10,19H2,1-4H3. The minimum absolute atomic E-state index is 0.0944. The Balaban J connectivity index is 2.83. The summed E-state index contributed by atoms with van der Waals surface area (Å²) in [4.78, 5) is 14.7. The van der Waals surface area contributed by atoms with E-state index in [1.54, 1.807) is 12.1 Å². The van der Waals surface area contributed by atoms with Gasteiger partial charge < -0.3 is 10.6 Å². The first-order valence-electron chi connectivity index (χ1n) is 7.65. The number of hydrogen-bond donors (Lipinski definition) is 1. The molecule has 0 saturated heterocycles. The van der Waals surface area contributed by atoms with Crippen LogP contribution in [0.3, 0.4) is 0 Å². The Morgan fingerprint density at radius 3 is 2.10 bits per heavy atom. The number of nitrogen functional groups attached to an aromatic ring is 1. The first-order chi connectivity index (χ1) is 9.81. The fraction of sp³-hybridized carbons (Fsp3) is 0.588. The Kier molecular flexibility index (Phi) is 7.23. The van der Waals surface area contributed by atoms with Gasteiger partial charge in [-0.1, -0.05) is 27.7 Å². The Morgan fingerprint density at radius 1 is 1.14 bits per heavy atom. The number of rotatable bonds is 7. The zero-order chi connectivity index (χ0) is 16.0. The average molecular weight is 355 g/mol. The third-order valence-electron chi connectivity index (χ3n) is 3.49. The first-order valence-corrected chi connectivity index (χ1v) is 8.44. The number of halogens is 1. The number of nitrogens with zero attached hydrogens (tertiary/aromatic N) is 1. The number of amides is 1. The van der Waals surface area contributed by atoms with Crippen LogP contribution in [0.5, 0.6) is 0 Å². The van der Waals surface area contributed by atoms with E-state index in [2.05, 4.69) is 43.6 Å². The second-order valence-electron chi connectivity index (χ2n) is 6.39. The van der Waals surface area contributed by atoms with Crippen LogP contribution in [0.1, 0.15) is 50.9 Å². The Bertz CT molecular complexity index is 460. The maximum Gasteiger partial charge on any atom is 0.253 e. The van der Waals surface area contributed by atoms with Crippen molar-refractivity contribution in [2.45, 2.75) is 40.5 Å². The minimum atomic E-state index is 0.0944. The molecule has 0 bridgehead atoms. The topological polar surface area (TPSA) is 46.3 Å². The number of benzene rings is 1. The highest BCUT2D eigenvalue weighted by molar-refractivity contribution is 9.10. The van der Waals surface area contributed by atoms with Gasteiger partial charge in [-0.3, -0.25) is 4.79 Å². The summed E-state index contributed by atoms with van der Waals surface area (Å²) in [5.41, 5.74) is 7.14. The summed E-state index contributed by atoms with van der Waals surface area (Å²) < 4.78 is 0.779. The van der Waals surface area contributed by atoms with Crippen LogP contribution in [0.2, 0.25) is 0 Å². The lowest BCUT2D eigenvalue weighted by Crippen LogP contribution is -2.34. The summed E-state index contributed by atoms with van der Waals surface area (Å²) in [5, 5.41) is 0. The van der Waals surface area contributed by atoms with Gasteiger partial charge in [0.2, 0.25) is 0 Å². The van der Waals surface area contributed by atoms with Gasteiger partial charge in [0, 0.05) is 28.8 Å². The lowest BCUT2D eigenvalue weighted by atomic mass is 10.1. The zero-order valence-corrected chi connectivity index (χ0v) is 15.1. The van der Waals surface area contributed by atoms with Crippen molar-refractivity contribution in [2.75, 3.05) is 18.8 Å². The molecule has 0 saturated carbocycles. The van der Waals surface area contributed by atoms with Gasteiger partial charge >= 0.3 is 0 Å². The number of hydrogen-bond acceptors (Lipinski definition) is 2. The molecule has 0 atom stereocenters. The second kappa shape index (κ2) is 8.42. The van der Waals surface area contributed by atoms with Gasteiger partial charge in [-0.15, -0.1) is 0 Å². The molecule has 118 valence electrons. The molecule has 0 aliphatic heterocycles. The summed E-state index contributed by atoms with van der Waals surface area (Å²) in [6, 6.07) is 5.40. The van der Waals surface area contributed by atoms with Crippen molar-refractivity contribution in [3.8, 4) is 0 Å². The van der Waals surface area contributed by atoms with Crippen molar-refractivity contribution in [1.29, 1.82) is 0 Å². The number of carbonyl (C=O) groups excluding carboxylic acids is 1. The van der Waals surface area contributed by atoms with Crippen molar-refractivity contribution in [3.05, 3.63) is 28.2 Å². The molecule has 3 nitrogen and oxygen atoms in total. The van der Waals surface area contributed by atoms with E-state index in [1.165, 1.54) is 0 Å². The van der Waals surface area contributed by atoms with Crippen LogP contribution in [0.25, 0.3) is 0 Å². The fourth-order valence-electron chi connectivity index (χ4n) is 1.99. The molecule has 1 aromatic rings. The summed E-state index contributed by atoms with van der Waals surface area (Å²) >= 11 is 3.39. The van der Waals surface area contributed by atoms with Crippen LogP contribution in [-0.4, -0.2) is 23.9 Å². The summed E-state index contributed by atoms with van der Waals surface area (Å²) in [7, 11) is 0. The van der Waals surface area contributed by atoms with E-state index in [0.29, 0.717) is 23.1 Å². The van der Waals surface area contributed by atoms with Crippen molar-refractivity contribution >= 4 is 27.5 Å². The average Bonchev–Trinajstić information content (AvgIpc) is 2.40. The van der Waals surface area contributed by atoms with E-state index in [-0.39, 0.29) is 5.91 Å². The van der Waals surface area contributed by atoms with Crippen LogP contribution < -0.4 is 5.73 Å². The molecule has 0 radical (unpaired) electrons. The van der Waals surface area contributed by atoms with Gasteiger partial charge in [0.1, 0.15) is 0 Å². The minimum Gasteiger partial charge on any atom is -0.398 e. The Labute approximate surface area is 137 Å². The predicted molar refractivity (Wildman–Crippen MR) is 93.4 cm³/mol. The van der Waals surface area contributed by atoms with E-state index in [1.807, 2.05) is 11.0 Å². The van der Waals surface area contributed by atoms with Crippen LogP contribution in [0, 0.1) is 11.8 Å². The van der Waals surface area contributed by atoms with E-state index in [4.69, 9.17) is 5.73 Å². The molecule has 0 aliphatic rings. The van der Waals surface area contributed by atoms with Crippen molar-refractivity contribution in [3.63, 3.8) is 0 Å². The Morgan fingerprint density at radius 2 is 1.67 bits per heavy atom.